The van der Waals surface area contributed by atoms with E-state index in [1.165, 1.54) is 0 Å². The predicted molar refractivity (Wildman–Crippen MR) is 108 cm³/mol. The van der Waals surface area contributed by atoms with Crippen molar-refractivity contribution in [3.63, 3.8) is 0 Å². The largest absolute Gasteiger partial charge is 0.334 e. The van der Waals surface area contributed by atoms with Gasteiger partial charge in [-0.15, -0.1) is 0 Å². The van der Waals surface area contributed by atoms with Gasteiger partial charge in [0.25, 0.3) is 15.9 Å². The Bertz CT molecular complexity index is 1210. The van der Waals surface area contributed by atoms with Crippen LogP contribution in [0.1, 0.15) is 21.5 Å². The molecule has 4 rings (SSSR count). The Morgan fingerprint density at radius 3 is 2.47 bits per heavy atom. The molecule has 0 aliphatic carbocycles. The number of benzene rings is 3. The molecule has 1 aliphatic rings. The molecule has 30 heavy (non-hydrogen) atoms. The van der Waals surface area contributed by atoms with Gasteiger partial charge in [-0.3, -0.25) is 9.52 Å². The second-order valence-corrected chi connectivity index (χ2v) is 8.66. The molecule has 1 amide bonds. The van der Waals surface area contributed by atoms with Crippen LogP contribution in [-0.2, 0) is 23.0 Å². The number of amides is 1. The first-order valence-corrected chi connectivity index (χ1v) is 10.8. The lowest BCUT2D eigenvalue weighted by Crippen LogP contribution is -2.36. The maximum absolute atomic E-state index is 13.9. The second kappa shape index (κ2) is 7.87. The number of sulfonamides is 1. The molecule has 1 heterocycles. The van der Waals surface area contributed by atoms with Crippen LogP contribution in [0.5, 0.6) is 0 Å². The normalized spacial score (nSPS) is 13.6. The van der Waals surface area contributed by atoms with Crippen molar-refractivity contribution in [1.82, 2.24) is 4.90 Å². The lowest BCUT2D eigenvalue weighted by molar-refractivity contribution is 0.0734. The van der Waals surface area contributed by atoms with E-state index in [9.17, 15) is 22.0 Å². The molecule has 5 nitrogen and oxygen atoms in total. The summed E-state index contributed by atoms with van der Waals surface area (Å²) >= 11 is 0. The number of fused-ring (bicyclic) bond motifs is 1. The fraction of sp³-hybridized carbons (Fsp3) is 0.136. The highest BCUT2D eigenvalue weighted by Gasteiger charge is 2.24. The average Bonchev–Trinajstić information content (AvgIpc) is 2.74. The monoisotopic (exact) mass is 428 g/mol. The zero-order valence-electron chi connectivity index (χ0n) is 15.8. The lowest BCUT2D eigenvalue weighted by Gasteiger charge is -2.29. The van der Waals surface area contributed by atoms with Gasteiger partial charge < -0.3 is 4.90 Å². The zero-order chi connectivity index (χ0) is 21.3. The number of nitrogens with zero attached hydrogens (tertiary/aromatic N) is 1. The van der Waals surface area contributed by atoms with Crippen LogP contribution < -0.4 is 4.72 Å². The SMILES string of the molecule is O=C(c1ccccc1)N1CCc2ccc(NS(=O)(=O)c3cc(F)ccc3F)cc2C1. The molecule has 0 bridgehead atoms. The number of carbonyl (C=O) groups is 1. The van der Waals surface area contributed by atoms with Crippen molar-refractivity contribution in [3.8, 4) is 0 Å². The van der Waals surface area contributed by atoms with Crippen molar-refractivity contribution in [2.45, 2.75) is 17.9 Å². The Labute approximate surface area is 173 Å². The van der Waals surface area contributed by atoms with E-state index in [0.717, 1.165) is 23.3 Å². The van der Waals surface area contributed by atoms with E-state index in [1.807, 2.05) is 6.07 Å². The van der Waals surface area contributed by atoms with E-state index in [4.69, 9.17) is 0 Å². The summed E-state index contributed by atoms with van der Waals surface area (Å²) in [5.74, 6) is -1.99. The van der Waals surface area contributed by atoms with Crippen molar-refractivity contribution >= 4 is 21.6 Å². The zero-order valence-corrected chi connectivity index (χ0v) is 16.6. The summed E-state index contributed by atoms with van der Waals surface area (Å²) in [5, 5.41) is 0. The van der Waals surface area contributed by atoms with Crippen LogP contribution in [-0.4, -0.2) is 25.8 Å². The van der Waals surface area contributed by atoms with Crippen molar-refractivity contribution in [3.05, 3.63) is 95.1 Å². The van der Waals surface area contributed by atoms with Gasteiger partial charge in [0.2, 0.25) is 0 Å². The van der Waals surface area contributed by atoms with Crippen molar-refractivity contribution in [2.24, 2.45) is 0 Å². The molecule has 3 aromatic carbocycles. The third kappa shape index (κ3) is 4.04. The molecular weight excluding hydrogens is 410 g/mol. The van der Waals surface area contributed by atoms with Gasteiger partial charge in [0.15, 0.2) is 0 Å². The number of halogens is 2. The number of nitrogens with one attached hydrogen (secondary N) is 1. The van der Waals surface area contributed by atoms with Crippen LogP contribution in [0.25, 0.3) is 0 Å². The van der Waals surface area contributed by atoms with E-state index in [1.54, 1.807) is 47.4 Å². The molecule has 1 N–H and O–H groups in total. The second-order valence-electron chi connectivity index (χ2n) is 7.01. The molecule has 0 radical (unpaired) electrons. The van der Waals surface area contributed by atoms with Gasteiger partial charge in [0.05, 0.1) is 0 Å². The molecule has 8 heteroatoms. The van der Waals surface area contributed by atoms with Crippen LogP contribution in [0.4, 0.5) is 14.5 Å². The number of hydrogen-bond acceptors (Lipinski definition) is 3. The molecule has 0 fully saturated rings. The molecule has 0 spiro atoms. The molecule has 1 aliphatic heterocycles. The Hall–Kier alpha value is -3.26. The van der Waals surface area contributed by atoms with E-state index in [2.05, 4.69) is 4.72 Å². The third-order valence-corrected chi connectivity index (χ3v) is 6.36. The maximum atomic E-state index is 13.9. The summed E-state index contributed by atoms with van der Waals surface area (Å²) in [4.78, 5) is 13.6. The molecule has 0 aromatic heterocycles. The molecule has 0 atom stereocenters. The summed E-state index contributed by atoms with van der Waals surface area (Å²) in [6.07, 6.45) is 0.638. The minimum absolute atomic E-state index is 0.103. The van der Waals surface area contributed by atoms with E-state index in [0.29, 0.717) is 31.1 Å². The summed E-state index contributed by atoms with van der Waals surface area (Å²) in [5.41, 5.74) is 2.60. The minimum atomic E-state index is -4.31. The van der Waals surface area contributed by atoms with Crippen molar-refractivity contribution in [1.29, 1.82) is 0 Å². The highest BCUT2D eigenvalue weighted by molar-refractivity contribution is 7.92. The molecule has 0 saturated heterocycles. The average molecular weight is 428 g/mol. The number of anilines is 1. The quantitative estimate of drug-likeness (QED) is 0.684. The van der Waals surface area contributed by atoms with Crippen LogP contribution >= 0.6 is 0 Å². The van der Waals surface area contributed by atoms with E-state index >= 15 is 0 Å². The molecular formula is C22H18F2N2O3S. The highest BCUT2D eigenvalue weighted by Crippen LogP contribution is 2.26. The Morgan fingerprint density at radius 2 is 1.70 bits per heavy atom. The fourth-order valence-corrected chi connectivity index (χ4v) is 4.59. The van der Waals surface area contributed by atoms with Gasteiger partial charge in [0.1, 0.15) is 16.5 Å². The van der Waals surface area contributed by atoms with Gasteiger partial charge >= 0.3 is 0 Å². The Balaban J connectivity index is 1.57. The van der Waals surface area contributed by atoms with E-state index < -0.39 is 26.6 Å². The summed E-state index contributed by atoms with van der Waals surface area (Å²) in [7, 11) is -4.31. The van der Waals surface area contributed by atoms with Crippen LogP contribution in [0, 0.1) is 11.6 Å². The van der Waals surface area contributed by atoms with Gasteiger partial charge in [0, 0.05) is 24.3 Å². The van der Waals surface area contributed by atoms with Crippen LogP contribution in [0.15, 0.2) is 71.6 Å². The molecule has 154 valence electrons. The standard InChI is InChI=1S/C22H18F2N2O3S/c23-18-7-9-20(24)21(13-18)30(28,29)25-19-8-6-15-10-11-26(14-17(15)12-19)22(27)16-4-2-1-3-5-16/h1-9,12-13,25H,10-11,14H2. The third-order valence-electron chi connectivity index (χ3n) is 4.96. The summed E-state index contributed by atoms with van der Waals surface area (Å²) in [6.45, 7) is 0.882. The summed E-state index contributed by atoms with van der Waals surface area (Å²) < 4.78 is 54.6. The molecule has 3 aromatic rings. The Kier molecular flexibility index (Phi) is 5.26. The first-order chi connectivity index (χ1) is 14.3. The highest BCUT2D eigenvalue weighted by atomic mass is 32.2. The first kappa shape index (κ1) is 20.0. The molecule has 0 unspecified atom stereocenters. The number of hydrogen-bond donors (Lipinski definition) is 1. The van der Waals surface area contributed by atoms with E-state index in [-0.39, 0.29) is 11.6 Å². The number of rotatable bonds is 4. The van der Waals surface area contributed by atoms with Crippen molar-refractivity contribution < 1.29 is 22.0 Å². The fourth-order valence-electron chi connectivity index (χ4n) is 3.45. The van der Waals surface area contributed by atoms with Gasteiger partial charge in [-0.1, -0.05) is 24.3 Å². The Morgan fingerprint density at radius 1 is 0.933 bits per heavy atom. The number of carbonyl (C=O) groups excluding carboxylic acids is 1. The van der Waals surface area contributed by atoms with Crippen LogP contribution in [0.2, 0.25) is 0 Å². The van der Waals surface area contributed by atoms with Gasteiger partial charge in [-0.05, 0) is 60.0 Å². The first-order valence-electron chi connectivity index (χ1n) is 9.27. The van der Waals surface area contributed by atoms with Gasteiger partial charge in [-0.25, -0.2) is 17.2 Å². The summed E-state index contributed by atoms with van der Waals surface area (Å²) in [6, 6.07) is 16.1. The topological polar surface area (TPSA) is 66.5 Å². The maximum Gasteiger partial charge on any atom is 0.264 e. The lowest BCUT2D eigenvalue weighted by atomic mass is 9.98. The molecule has 0 saturated carbocycles. The smallest absolute Gasteiger partial charge is 0.264 e. The minimum Gasteiger partial charge on any atom is -0.334 e. The predicted octanol–water partition coefficient (Wildman–Crippen LogP) is 3.96. The van der Waals surface area contributed by atoms with Gasteiger partial charge in [-0.2, -0.15) is 0 Å². The van der Waals surface area contributed by atoms with Crippen molar-refractivity contribution in [2.75, 3.05) is 11.3 Å². The van der Waals surface area contributed by atoms with Crippen LogP contribution in [0.3, 0.4) is 0 Å².